The minimum absolute atomic E-state index is 0.341. The summed E-state index contributed by atoms with van der Waals surface area (Å²) in [4.78, 5) is 10.9. The van der Waals surface area contributed by atoms with Gasteiger partial charge in [-0.15, -0.1) is 0 Å². The Bertz CT molecular complexity index is 490. The molecule has 1 aliphatic rings. The average molecular weight is 258 g/mol. The molecule has 100 valence electrons. The van der Waals surface area contributed by atoms with Crippen LogP contribution in [0, 0.1) is 0 Å². The molecule has 0 N–H and O–H groups in total. The molecule has 0 spiro atoms. The molecule has 1 aliphatic heterocycles. The standard InChI is InChI=1S/C15H19BO3/c1-14(2)15(3,4)19-16(18-14)10-9-12-7-5-6-8-13(12)11-17/h5-11H,1-4H3/b10-9+. The fourth-order valence-electron chi connectivity index (χ4n) is 1.92. The second kappa shape index (κ2) is 4.95. The maximum absolute atomic E-state index is 10.9. The van der Waals surface area contributed by atoms with Gasteiger partial charge in [-0.1, -0.05) is 36.3 Å². The monoisotopic (exact) mass is 258 g/mol. The Hall–Kier alpha value is -1.39. The summed E-state index contributed by atoms with van der Waals surface area (Å²) in [6.45, 7) is 8.06. The molecule has 1 aromatic carbocycles. The van der Waals surface area contributed by atoms with E-state index in [4.69, 9.17) is 9.31 Å². The van der Waals surface area contributed by atoms with Crippen LogP contribution in [-0.2, 0) is 9.31 Å². The van der Waals surface area contributed by atoms with Crippen LogP contribution in [0.25, 0.3) is 6.08 Å². The molecule has 0 aliphatic carbocycles. The van der Waals surface area contributed by atoms with Gasteiger partial charge in [-0.25, -0.2) is 0 Å². The Kier molecular flexibility index (Phi) is 3.65. The molecule has 0 amide bonds. The Balaban J connectivity index is 2.15. The van der Waals surface area contributed by atoms with Crippen molar-refractivity contribution in [1.29, 1.82) is 0 Å². The number of aldehydes is 1. The minimum Gasteiger partial charge on any atom is -0.400 e. The van der Waals surface area contributed by atoms with E-state index in [2.05, 4.69) is 0 Å². The maximum atomic E-state index is 10.9. The molecule has 1 aromatic rings. The second-order valence-electron chi connectivity index (χ2n) is 5.73. The first-order valence-electron chi connectivity index (χ1n) is 6.44. The number of carbonyl (C=O) groups is 1. The predicted molar refractivity (Wildman–Crippen MR) is 76.9 cm³/mol. The number of carbonyl (C=O) groups excluding carboxylic acids is 1. The van der Waals surface area contributed by atoms with Gasteiger partial charge in [-0.05, 0) is 33.3 Å². The van der Waals surface area contributed by atoms with Crippen LogP contribution in [0.5, 0.6) is 0 Å². The molecule has 0 aromatic heterocycles. The number of rotatable bonds is 3. The van der Waals surface area contributed by atoms with Crippen molar-refractivity contribution in [2.75, 3.05) is 0 Å². The molecular formula is C15H19BO3. The molecule has 0 bridgehead atoms. The summed E-state index contributed by atoms with van der Waals surface area (Å²) in [6, 6.07) is 7.43. The van der Waals surface area contributed by atoms with Crippen molar-refractivity contribution in [3.8, 4) is 0 Å². The van der Waals surface area contributed by atoms with Gasteiger partial charge in [0.15, 0.2) is 6.29 Å². The van der Waals surface area contributed by atoms with E-state index in [1.54, 1.807) is 6.07 Å². The fourth-order valence-corrected chi connectivity index (χ4v) is 1.92. The third kappa shape index (κ3) is 2.80. The van der Waals surface area contributed by atoms with Crippen LogP contribution in [0.4, 0.5) is 0 Å². The van der Waals surface area contributed by atoms with Crippen molar-refractivity contribution in [1.82, 2.24) is 0 Å². The van der Waals surface area contributed by atoms with Crippen LogP contribution >= 0.6 is 0 Å². The van der Waals surface area contributed by atoms with Gasteiger partial charge in [0.25, 0.3) is 0 Å². The first kappa shape index (κ1) is 14.0. The van der Waals surface area contributed by atoms with Crippen LogP contribution < -0.4 is 0 Å². The first-order valence-corrected chi connectivity index (χ1v) is 6.44. The van der Waals surface area contributed by atoms with Gasteiger partial charge in [0.1, 0.15) is 0 Å². The van der Waals surface area contributed by atoms with Gasteiger partial charge in [-0.2, -0.15) is 0 Å². The van der Waals surface area contributed by atoms with Crippen molar-refractivity contribution >= 4 is 19.5 Å². The van der Waals surface area contributed by atoms with Crippen molar-refractivity contribution < 1.29 is 14.1 Å². The van der Waals surface area contributed by atoms with Crippen LogP contribution in [0.15, 0.2) is 30.2 Å². The Morgan fingerprint density at radius 2 is 1.53 bits per heavy atom. The normalized spacial score (nSPS) is 20.9. The lowest BCUT2D eigenvalue weighted by Crippen LogP contribution is -2.41. The zero-order chi connectivity index (χ0) is 14.1. The molecule has 19 heavy (non-hydrogen) atoms. The molecule has 1 saturated heterocycles. The molecule has 0 atom stereocenters. The summed E-state index contributed by atoms with van der Waals surface area (Å²) < 4.78 is 11.7. The highest BCUT2D eigenvalue weighted by atomic mass is 16.7. The number of hydrogen-bond donors (Lipinski definition) is 0. The molecule has 4 heteroatoms. The average Bonchev–Trinajstić information content (AvgIpc) is 2.55. The minimum atomic E-state index is -0.385. The molecule has 2 rings (SSSR count). The van der Waals surface area contributed by atoms with E-state index in [-0.39, 0.29) is 18.3 Å². The van der Waals surface area contributed by atoms with Gasteiger partial charge in [0.05, 0.1) is 11.2 Å². The third-order valence-corrected chi connectivity index (χ3v) is 3.83. The molecular weight excluding hydrogens is 239 g/mol. The van der Waals surface area contributed by atoms with E-state index < -0.39 is 0 Å². The Morgan fingerprint density at radius 1 is 1.00 bits per heavy atom. The second-order valence-corrected chi connectivity index (χ2v) is 5.73. The van der Waals surface area contributed by atoms with Crippen molar-refractivity contribution in [3.63, 3.8) is 0 Å². The zero-order valence-corrected chi connectivity index (χ0v) is 11.8. The van der Waals surface area contributed by atoms with E-state index in [9.17, 15) is 4.79 Å². The lowest BCUT2D eigenvalue weighted by atomic mass is 9.88. The van der Waals surface area contributed by atoms with Gasteiger partial charge < -0.3 is 9.31 Å². The highest BCUT2D eigenvalue weighted by Gasteiger charge is 2.49. The summed E-state index contributed by atoms with van der Waals surface area (Å²) in [7, 11) is -0.385. The quantitative estimate of drug-likeness (QED) is 0.617. The summed E-state index contributed by atoms with van der Waals surface area (Å²) in [5.41, 5.74) is 0.848. The summed E-state index contributed by atoms with van der Waals surface area (Å²) in [5, 5.41) is 0. The van der Waals surface area contributed by atoms with Crippen LogP contribution in [0.2, 0.25) is 0 Å². The highest BCUT2D eigenvalue weighted by molar-refractivity contribution is 6.52. The molecule has 0 radical (unpaired) electrons. The van der Waals surface area contributed by atoms with E-state index >= 15 is 0 Å². The van der Waals surface area contributed by atoms with Crippen molar-refractivity contribution in [2.24, 2.45) is 0 Å². The van der Waals surface area contributed by atoms with Gasteiger partial charge in [0, 0.05) is 5.56 Å². The van der Waals surface area contributed by atoms with Gasteiger partial charge in [-0.3, -0.25) is 4.79 Å². The van der Waals surface area contributed by atoms with Crippen molar-refractivity contribution in [3.05, 3.63) is 41.4 Å². The summed E-state index contributed by atoms with van der Waals surface area (Å²) in [5.74, 6) is 1.85. The smallest absolute Gasteiger partial charge is 0.400 e. The molecule has 0 unspecified atom stereocenters. The fraction of sp³-hybridized carbons (Fsp3) is 0.400. The van der Waals surface area contributed by atoms with Crippen LogP contribution in [0.3, 0.4) is 0 Å². The summed E-state index contributed by atoms with van der Waals surface area (Å²) in [6.07, 6.45) is 2.72. The van der Waals surface area contributed by atoms with E-state index in [0.717, 1.165) is 11.8 Å². The van der Waals surface area contributed by atoms with Crippen LogP contribution in [-0.4, -0.2) is 24.6 Å². The van der Waals surface area contributed by atoms with Crippen LogP contribution in [0.1, 0.15) is 43.6 Å². The first-order chi connectivity index (χ1) is 8.86. The van der Waals surface area contributed by atoms with E-state index in [0.29, 0.717) is 5.56 Å². The predicted octanol–water partition coefficient (Wildman–Crippen LogP) is 3.14. The summed E-state index contributed by atoms with van der Waals surface area (Å²) >= 11 is 0. The lowest BCUT2D eigenvalue weighted by Gasteiger charge is -2.32. The lowest BCUT2D eigenvalue weighted by molar-refractivity contribution is 0.00578. The zero-order valence-electron chi connectivity index (χ0n) is 11.8. The Morgan fingerprint density at radius 3 is 2.05 bits per heavy atom. The SMILES string of the molecule is CC1(C)OB(/C=C/c2ccccc2C=O)OC1(C)C. The van der Waals surface area contributed by atoms with E-state index in [1.165, 1.54) is 0 Å². The molecule has 1 heterocycles. The van der Waals surface area contributed by atoms with Gasteiger partial charge >= 0.3 is 7.12 Å². The van der Waals surface area contributed by atoms with E-state index in [1.807, 2.05) is 57.9 Å². The third-order valence-electron chi connectivity index (χ3n) is 3.83. The molecule has 0 saturated carbocycles. The largest absolute Gasteiger partial charge is 0.487 e. The maximum Gasteiger partial charge on any atom is 0.487 e. The van der Waals surface area contributed by atoms with Gasteiger partial charge in [0.2, 0.25) is 0 Å². The highest BCUT2D eigenvalue weighted by Crippen LogP contribution is 2.37. The molecule has 3 nitrogen and oxygen atoms in total. The topological polar surface area (TPSA) is 35.5 Å². The number of benzene rings is 1. The molecule has 1 fully saturated rings. The number of hydrogen-bond acceptors (Lipinski definition) is 3. The van der Waals surface area contributed by atoms with Crippen molar-refractivity contribution in [2.45, 2.75) is 38.9 Å². The Labute approximate surface area is 114 Å².